The van der Waals surface area contributed by atoms with Crippen LogP contribution in [0.3, 0.4) is 0 Å². The molecule has 0 spiro atoms. The van der Waals surface area contributed by atoms with Gasteiger partial charge < -0.3 is 15.3 Å². The molecule has 0 aliphatic heterocycles. The number of nitrogens with one attached hydrogen (secondary N) is 1. The van der Waals surface area contributed by atoms with Gasteiger partial charge in [-0.3, -0.25) is 9.59 Å². The number of aliphatic carboxylic acids is 1. The van der Waals surface area contributed by atoms with E-state index in [2.05, 4.69) is 26.1 Å². The lowest BCUT2D eigenvalue weighted by molar-refractivity contribution is -0.135. The average Bonchev–Trinajstić information content (AvgIpc) is 2.54. The van der Waals surface area contributed by atoms with Gasteiger partial charge in [0.2, 0.25) is 5.91 Å². The molecule has 2 N–H and O–H groups in total. The summed E-state index contributed by atoms with van der Waals surface area (Å²) in [6.07, 6.45) is 0. The van der Waals surface area contributed by atoms with Gasteiger partial charge in [0.05, 0.1) is 6.54 Å². The molecule has 132 valence electrons. The second kappa shape index (κ2) is 7.83. The zero-order valence-corrected chi connectivity index (χ0v) is 14.8. The zero-order valence-electron chi connectivity index (χ0n) is 14.8. The van der Waals surface area contributed by atoms with Crippen LogP contribution in [0.2, 0.25) is 0 Å². The van der Waals surface area contributed by atoms with E-state index < -0.39 is 5.97 Å². The lowest BCUT2D eigenvalue weighted by Crippen LogP contribution is -2.37. The summed E-state index contributed by atoms with van der Waals surface area (Å²) < 4.78 is 0. The molecule has 0 bridgehead atoms. The van der Waals surface area contributed by atoms with Gasteiger partial charge in [-0.2, -0.15) is 0 Å². The molecule has 5 heteroatoms. The van der Waals surface area contributed by atoms with E-state index in [0.29, 0.717) is 5.69 Å². The number of amides is 1. The van der Waals surface area contributed by atoms with E-state index in [9.17, 15) is 9.59 Å². The summed E-state index contributed by atoms with van der Waals surface area (Å²) in [4.78, 5) is 25.2. The summed E-state index contributed by atoms with van der Waals surface area (Å²) in [6.45, 7) is 5.98. The van der Waals surface area contributed by atoms with Crippen molar-refractivity contribution in [3.05, 3.63) is 60.2 Å². The third-order valence-electron chi connectivity index (χ3n) is 3.79. The maximum absolute atomic E-state index is 12.5. The molecular formula is C20H24N2O3. The van der Waals surface area contributed by atoms with Crippen LogP contribution in [-0.2, 0) is 15.0 Å². The molecule has 25 heavy (non-hydrogen) atoms. The predicted molar refractivity (Wildman–Crippen MR) is 100 cm³/mol. The highest BCUT2D eigenvalue weighted by Crippen LogP contribution is 2.29. The van der Waals surface area contributed by atoms with Crippen molar-refractivity contribution in [3.8, 4) is 0 Å². The Hall–Kier alpha value is -2.82. The van der Waals surface area contributed by atoms with Gasteiger partial charge >= 0.3 is 5.97 Å². The Morgan fingerprint density at radius 1 is 0.960 bits per heavy atom. The Bertz CT molecular complexity index is 736. The Morgan fingerprint density at radius 2 is 1.56 bits per heavy atom. The normalized spacial score (nSPS) is 11.0. The molecule has 2 aromatic rings. The molecule has 0 saturated carbocycles. The van der Waals surface area contributed by atoms with Crippen molar-refractivity contribution >= 4 is 23.3 Å². The van der Waals surface area contributed by atoms with Crippen LogP contribution >= 0.6 is 0 Å². The SMILES string of the molecule is CC(C)(C)c1ccccc1NC(=O)CN(CC(=O)O)c1ccccc1. The van der Waals surface area contributed by atoms with Gasteiger partial charge in [-0.05, 0) is 29.2 Å². The summed E-state index contributed by atoms with van der Waals surface area (Å²) in [5, 5.41) is 12.0. The zero-order chi connectivity index (χ0) is 18.4. The molecule has 5 nitrogen and oxygen atoms in total. The smallest absolute Gasteiger partial charge is 0.323 e. The van der Waals surface area contributed by atoms with Crippen molar-refractivity contribution in [2.45, 2.75) is 26.2 Å². The average molecular weight is 340 g/mol. The molecule has 2 rings (SSSR count). The Labute approximate surface area is 148 Å². The third kappa shape index (κ3) is 5.35. The van der Waals surface area contributed by atoms with Crippen molar-refractivity contribution in [2.24, 2.45) is 0 Å². The van der Waals surface area contributed by atoms with Crippen LogP contribution < -0.4 is 10.2 Å². The monoisotopic (exact) mass is 340 g/mol. The number of carbonyl (C=O) groups is 2. The minimum Gasteiger partial charge on any atom is -0.480 e. The van der Waals surface area contributed by atoms with E-state index in [4.69, 9.17) is 5.11 Å². The number of carbonyl (C=O) groups excluding carboxylic acids is 1. The van der Waals surface area contributed by atoms with Gasteiger partial charge in [0.25, 0.3) is 0 Å². The maximum atomic E-state index is 12.5. The van der Waals surface area contributed by atoms with Crippen molar-refractivity contribution in [1.29, 1.82) is 0 Å². The molecule has 0 fully saturated rings. The molecule has 0 aliphatic carbocycles. The highest BCUT2D eigenvalue weighted by Gasteiger charge is 2.20. The first-order valence-electron chi connectivity index (χ1n) is 8.18. The Kier molecular flexibility index (Phi) is 5.80. The van der Waals surface area contributed by atoms with Gasteiger partial charge in [-0.25, -0.2) is 0 Å². The second-order valence-corrected chi connectivity index (χ2v) is 6.93. The van der Waals surface area contributed by atoms with Crippen LogP contribution in [-0.4, -0.2) is 30.1 Å². The number of hydrogen-bond acceptors (Lipinski definition) is 3. The molecule has 1 amide bonds. The number of carboxylic acids is 1. The topological polar surface area (TPSA) is 69.6 Å². The van der Waals surface area contributed by atoms with Crippen molar-refractivity contribution in [2.75, 3.05) is 23.3 Å². The van der Waals surface area contributed by atoms with E-state index in [1.54, 1.807) is 12.1 Å². The third-order valence-corrected chi connectivity index (χ3v) is 3.79. The summed E-state index contributed by atoms with van der Waals surface area (Å²) >= 11 is 0. The van der Waals surface area contributed by atoms with Crippen LogP contribution in [0.15, 0.2) is 54.6 Å². The maximum Gasteiger partial charge on any atom is 0.323 e. The molecule has 0 radical (unpaired) electrons. The molecule has 0 unspecified atom stereocenters. The first-order chi connectivity index (χ1) is 11.8. The summed E-state index contributed by atoms with van der Waals surface area (Å²) in [5.41, 5.74) is 2.38. The van der Waals surface area contributed by atoms with E-state index >= 15 is 0 Å². The second-order valence-electron chi connectivity index (χ2n) is 6.93. The Balaban J connectivity index is 2.16. The lowest BCUT2D eigenvalue weighted by Gasteiger charge is -2.25. The number of carboxylic acid groups (broad SMARTS) is 1. The van der Waals surface area contributed by atoms with E-state index in [1.807, 2.05) is 42.5 Å². The van der Waals surface area contributed by atoms with E-state index in [0.717, 1.165) is 11.3 Å². The van der Waals surface area contributed by atoms with Crippen LogP contribution in [0.4, 0.5) is 11.4 Å². The summed E-state index contributed by atoms with van der Waals surface area (Å²) in [6, 6.07) is 16.7. The van der Waals surface area contributed by atoms with Gasteiger partial charge in [-0.1, -0.05) is 57.2 Å². The Morgan fingerprint density at radius 3 is 2.16 bits per heavy atom. The van der Waals surface area contributed by atoms with Gasteiger partial charge in [-0.15, -0.1) is 0 Å². The lowest BCUT2D eigenvalue weighted by atomic mass is 9.86. The van der Waals surface area contributed by atoms with Gasteiger partial charge in [0.1, 0.15) is 6.54 Å². The number of nitrogens with zero attached hydrogens (tertiary/aromatic N) is 1. The fourth-order valence-electron chi connectivity index (χ4n) is 2.65. The van der Waals surface area contributed by atoms with E-state index in [-0.39, 0.29) is 24.4 Å². The first kappa shape index (κ1) is 18.5. The van der Waals surface area contributed by atoms with Crippen LogP contribution in [0, 0.1) is 0 Å². The van der Waals surface area contributed by atoms with Crippen molar-refractivity contribution in [3.63, 3.8) is 0 Å². The van der Waals surface area contributed by atoms with Crippen molar-refractivity contribution < 1.29 is 14.7 Å². The van der Waals surface area contributed by atoms with Crippen molar-refractivity contribution in [1.82, 2.24) is 0 Å². The van der Waals surface area contributed by atoms with E-state index in [1.165, 1.54) is 4.90 Å². The number of hydrogen-bond donors (Lipinski definition) is 2. The van der Waals surface area contributed by atoms with Gasteiger partial charge in [0, 0.05) is 11.4 Å². The highest BCUT2D eigenvalue weighted by molar-refractivity contribution is 5.95. The predicted octanol–water partition coefficient (Wildman–Crippen LogP) is 3.51. The molecule has 2 aromatic carbocycles. The molecule has 0 saturated heterocycles. The highest BCUT2D eigenvalue weighted by atomic mass is 16.4. The standard InChI is InChI=1S/C20H24N2O3/c1-20(2,3)16-11-7-8-12-17(16)21-18(23)13-22(14-19(24)25)15-9-5-4-6-10-15/h4-12H,13-14H2,1-3H3,(H,21,23)(H,24,25). The minimum atomic E-state index is -0.980. The fraction of sp³-hybridized carbons (Fsp3) is 0.300. The summed E-state index contributed by atoms with van der Waals surface area (Å²) in [7, 11) is 0. The number of rotatable bonds is 6. The van der Waals surface area contributed by atoms with Gasteiger partial charge in [0.15, 0.2) is 0 Å². The van der Waals surface area contributed by atoms with Crippen LogP contribution in [0.1, 0.15) is 26.3 Å². The number of para-hydroxylation sites is 2. The quantitative estimate of drug-likeness (QED) is 0.844. The minimum absolute atomic E-state index is 0.0329. The van der Waals surface area contributed by atoms with Crippen LogP contribution in [0.5, 0.6) is 0 Å². The first-order valence-corrected chi connectivity index (χ1v) is 8.18. The van der Waals surface area contributed by atoms with Crippen LogP contribution in [0.25, 0.3) is 0 Å². The molecular weight excluding hydrogens is 316 g/mol. The molecule has 0 aromatic heterocycles. The number of benzene rings is 2. The molecule has 0 aliphatic rings. The molecule has 0 heterocycles. The molecule has 0 atom stereocenters. The summed E-state index contributed by atoms with van der Waals surface area (Å²) in [5.74, 6) is -1.23. The largest absolute Gasteiger partial charge is 0.480 e. The fourth-order valence-corrected chi connectivity index (χ4v) is 2.65. The number of anilines is 2.